The van der Waals surface area contributed by atoms with Gasteiger partial charge < -0.3 is 4.74 Å². The first-order chi connectivity index (χ1) is 12.8. The largest absolute Gasteiger partial charge is 0.426 e. The van der Waals surface area contributed by atoms with Crippen LogP contribution in [0.5, 0.6) is 5.75 Å². The lowest BCUT2D eigenvalue weighted by Gasteiger charge is -2.14. The number of esters is 1. The van der Waals surface area contributed by atoms with E-state index in [9.17, 15) is 27.6 Å². The van der Waals surface area contributed by atoms with E-state index < -0.39 is 35.3 Å². The van der Waals surface area contributed by atoms with Crippen LogP contribution in [0, 0.1) is 0 Å². The van der Waals surface area contributed by atoms with Crippen LogP contribution in [0.1, 0.15) is 39.1 Å². The first-order valence-corrected chi connectivity index (χ1v) is 8.11. The Morgan fingerprint density at radius 3 is 2.07 bits per heavy atom. The van der Waals surface area contributed by atoms with E-state index >= 15 is 0 Å². The first kappa shape index (κ1) is 18.6. The fourth-order valence-electron chi connectivity index (χ4n) is 2.79. The van der Waals surface area contributed by atoms with Gasteiger partial charge in [-0.2, -0.15) is 13.2 Å². The molecule has 5 nitrogen and oxygen atoms in total. The van der Waals surface area contributed by atoms with E-state index in [2.05, 4.69) is 0 Å². The molecule has 0 spiro atoms. The molecule has 3 rings (SSSR count). The third-order valence-corrected chi connectivity index (χ3v) is 4.06. The third kappa shape index (κ3) is 3.84. The number of rotatable bonds is 5. The summed E-state index contributed by atoms with van der Waals surface area (Å²) in [6, 6.07) is 10.8. The second-order valence-corrected chi connectivity index (χ2v) is 5.88. The van der Waals surface area contributed by atoms with Crippen LogP contribution in [0.4, 0.5) is 13.2 Å². The Labute approximate surface area is 152 Å². The zero-order valence-corrected chi connectivity index (χ0v) is 14.0. The Morgan fingerprint density at radius 2 is 1.48 bits per heavy atom. The van der Waals surface area contributed by atoms with Crippen molar-refractivity contribution >= 4 is 17.8 Å². The van der Waals surface area contributed by atoms with Crippen LogP contribution in [0.15, 0.2) is 48.5 Å². The third-order valence-electron chi connectivity index (χ3n) is 4.06. The Hall–Kier alpha value is -3.16. The highest BCUT2D eigenvalue weighted by Crippen LogP contribution is 2.36. The van der Waals surface area contributed by atoms with Gasteiger partial charge in [0.1, 0.15) is 5.75 Å². The van der Waals surface area contributed by atoms with Crippen LogP contribution in [-0.2, 0) is 11.0 Å². The Balaban J connectivity index is 1.57. The zero-order valence-electron chi connectivity index (χ0n) is 14.0. The molecule has 0 saturated carbocycles. The van der Waals surface area contributed by atoms with Gasteiger partial charge in [0.2, 0.25) is 0 Å². The number of alkyl halides is 3. The van der Waals surface area contributed by atoms with Crippen molar-refractivity contribution in [3.63, 3.8) is 0 Å². The summed E-state index contributed by atoms with van der Waals surface area (Å²) in [6.45, 7) is -0.0254. The molecule has 140 valence electrons. The number of imide groups is 1. The van der Waals surface area contributed by atoms with Gasteiger partial charge in [0.25, 0.3) is 11.8 Å². The minimum atomic E-state index is -4.64. The number of nitrogens with zero attached hydrogens (tertiary/aromatic N) is 1. The van der Waals surface area contributed by atoms with Gasteiger partial charge in [-0.1, -0.05) is 24.3 Å². The van der Waals surface area contributed by atoms with Crippen LogP contribution in [-0.4, -0.2) is 29.2 Å². The molecule has 1 heterocycles. The molecule has 0 atom stereocenters. The maximum absolute atomic E-state index is 12.9. The van der Waals surface area contributed by atoms with Crippen molar-refractivity contribution in [2.75, 3.05) is 6.54 Å². The normalized spacial score (nSPS) is 13.7. The summed E-state index contributed by atoms with van der Waals surface area (Å²) < 4.78 is 43.5. The molecule has 0 aliphatic carbocycles. The van der Waals surface area contributed by atoms with Gasteiger partial charge in [-0.05, 0) is 30.7 Å². The molecule has 8 heteroatoms. The van der Waals surface area contributed by atoms with Gasteiger partial charge >= 0.3 is 12.1 Å². The number of benzene rings is 2. The maximum atomic E-state index is 12.9. The number of carbonyl (C=O) groups excluding carboxylic acids is 3. The monoisotopic (exact) mass is 377 g/mol. The Bertz CT molecular complexity index is 873. The maximum Gasteiger partial charge on any atom is 0.419 e. The minimum Gasteiger partial charge on any atom is -0.426 e. The van der Waals surface area contributed by atoms with Gasteiger partial charge in [0, 0.05) is 13.0 Å². The van der Waals surface area contributed by atoms with Crippen molar-refractivity contribution in [2.45, 2.75) is 19.0 Å². The summed E-state index contributed by atoms with van der Waals surface area (Å²) in [5.41, 5.74) is -0.452. The summed E-state index contributed by atoms with van der Waals surface area (Å²) in [7, 11) is 0. The average Bonchev–Trinajstić information content (AvgIpc) is 2.86. The van der Waals surface area contributed by atoms with Crippen molar-refractivity contribution in [3.05, 3.63) is 65.2 Å². The molecule has 0 N–H and O–H groups in total. The number of carbonyl (C=O) groups is 3. The molecule has 0 bridgehead atoms. The number of para-hydroxylation sites is 1. The first-order valence-electron chi connectivity index (χ1n) is 8.11. The van der Waals surface area contributed by atoms with Crippen LogP contribution >= 0.6 is 0 Å². The predicted molar refractivity (Wildman–Crippen MR) is 88.1 cm³/mol. The fraction of sp³-hybridized carbons (Fsp3) is 0.211. The summed E-state index contributed by atoms with van der Waals surface area (Å²) in [4.78, 5) is 37.3. The molecule has 0 saturated heterocycles. The molecule has 27 heavy (non-hydrogen) atoms. The molecular weight excluding hydrogens is 363 g/mol. The minimum absolute atomic E-state index is 0.0254. The quantitative estimate of drug-likeness (QED) is 0.453. The highest BCUT2D eigenvalue weighted by atomic mass is 19.4. The second-order valence-electron chi connectivity index (χ2n) is 5.88. The number of hydrogen-bond donors (Lipinski definition) is 0. The molecule has 0 radical (unpaired) electrons. The topological polar surface area (TPSA) is 63.7 Å². The smallest absolute Gasteiger partial charge is 0.419 e. The van der Waals surface area contributed by atoms with Gasteiger partial charge in [-0.15, -0.1) is 0 Å². The van der Waals surface area contributed by atoms with E-state index in [1.54, 1.807) is 12.1 Å². The average molecular weight is 377 g/mol. The molecule has 2 aromatic rings. The van der Waals surface area contributed by atoms with Gasteiger partial charge in [-0.25, -0.2) is 0 Å². The SMILES string of the molecule is O=C(CCCN1C(=O)c2ccccc2C1=O)Oc1ccccc1C(F)(F)F. The lowest BCUT2D eigenvalue weighted by Crippen LogP contribution is -2.31. The van der Waals surface area contributed by atoms with E-state index in [1.807, 2.05) is 0 Å². The summed E-state index contributed by atoms with van der Waals surface area (Å²) in [6.07, 6.45) is -4.80. The Kier molecular flexibility index (Phi) is 4.98. The van der Waals surface area contributed by atoms with Crippen LogP contribution < -0.4 is 4.74 Å². The summed E-state index contributed by atoms with van der Waals surface area (Å²) >= 11 is 0. The van der Waals surface area contributed by atoms with E-state index in [0.717, 1.165) is 17.0 Å². The molecule has 2 amide bonds. The Morgan fingerprint density at radius 1 is 0.926 bits per heavy atom. The van der Waals surface area contributed by atoms with Crippen molar-refractivity contribution in [1.29, 1.82) is 0 Å². The molecule has 0 aromatic heterocycles. The number of amides is 2. The molecule has 0 unspecified atom stereocenters. The molecule has 2 aromatic carbocycles. The summed E-state index contributed by atoms with van der Waals surface area (Å²) in [5.74, 6) is -2.35. The van der Waals surface area contributed by atoms with Gasteiger partial charge in [-0.3, -0.25) is 19.3 Å². The molecular formula is C19H14F3NO4. The van der Waals surface area contributed by atoms with Crippen molar-refractivity contribution in [3.8, 4) is 5.75 Å². The number of hydrogen-bond acceptors (Lipinski definition) is 4. The second kappa shape index (κ2) is 7.22. The van der Waals surface area contributed by atoms with E-state index in [-0.39, 0.29) is 19.4 Å². The fourth-order valence-corrected chi connectivity index (χ4v) is 2.79. The molecule has 0 fully saturated rings. The highest BCUT2D eigenvalue weighted by molar-refractivity contribution is 6.21. The van der Waals surface area contributed by atoms with E-state index in [4.69, 9.17) is 4.74 Å². The standard InChI is InChI=1S/C19H14F3NO4/c20-19(21,22)14-8-3-4-9-15(14)27-16(24)10-5-11-23-17(25)12-6-1-2-7-13(12)18(23)26/h1-4,6-9H,5,10-11H2. The summed E-state index contributed by atoms with van der Waals surface area (Å²) in [5, 5.41) is 0. The van der Waals surface area contributed by atoms with Crippen LogP contribution in [0.3, 0.4) is 0 Å². The number of ether oxygens (including phenoxy) is 1. The van der Waals surface area contributed by atoms with Crippen molar-refractivity contribution < 1.29 is 32.3 Å². The van der Waals surface area contributed by atoms with Crippen LogP contribution in [0.25, 0.3) is 0 Å². The van der Waals surface area contributed by atoms with Gasteiger partial charge in [0.15, 0.2) is 0 Å². The molecule has 1 aliphatic heterocycles. The van der Waals surface area contributed by atoms with Crippen molar-refractivity contribution in [2.24, 2.45) is 0 Å². The zero-order chi connectivity index (χ0) is 19.6. The predicted octanol–water partition coefficient (Wildman–Crippen LogP) is 3.69. The van der Waals surface area contributed by atoms with Gasteiger partial charge in [0.05, 0.1) is 16.7 Å². The van der Waals surface area contributed by atoms with E-state index in [0.29, 0.717) is 11.1 Å². The highest BCUT2D eigenvalue weighted by Gasteiger charge is 2.36. The van der Waals surface area contributed by atoms with Crippen LogP contribution in [0.2, 0.25) is 0 Å². The van der Waals surface area contributed by atoms with E-state index in [1.165, 1.54) is 24.3 Å². The van der Waals surface area contributed by atoms with Crippen molar-refractivity contribution in [1.82, 2.24) is 4.90 Å². The number of fused-ring (bicyclic) bond motifs is 1. The number of halogens is 3. The lowest BCUT2D eigenvalue weighted by molar-refractivity contribution is -0.142. The lowest BCUT2D eigenvalue weighted by atomic mass is 10.1. The molecule has 1 aliphatic rings.